The largest absolute Gasteiger partial charge is 0.489 e. The van der Waals surface area contributed by atoms with Gasteiger partial charge in [-0.05, 0) is 18.9 Å². The minimum absolute atomic E-state index is 0.0564. The summed E-state index contributed by atoms with van der Waals surface area (Å²) in [6.45, 7) is -1.33. The summed E-state index contributed by atoms with van der Waals surface area (Å²) in [5.41, 5.74) is 0.281. The van der Waals surface area contributed by atoms with E-state index in [1.54, 1.807) is 0 Å². The molecule has 10 heteroatoms. The summed E-state index contributed by atoms with van der Waals surface area (Å²) in [4.78, 5) is 16.8. The van der Waals surface area contributed by atoms with Crippen molar-refractivity contribution in [2.24, 2.45) is 5.41 Å². The van der Waals surface area contributed by atoms with Crippen LogP contribution in [0.25, 0.3) is 0 Å². The number of hydrogen-bond donors (Lipinski definition) is 0. The van der Waals surface area contributed by atoms with Crippen LogP contribution in [0.4, 0.5) is 8.78 Å². The lowest BCUT2D eigenvalue weighted by molar-refractivity contribution is -0.0527. The summed E-state index contributed by atoms with van der Waals surface area (Å²) in [6, 6.07) is 2.84. The van der Waals surface area contributed by atoms with Gasteiger partial charge in [0.25, 0.3) is 0 Å². The summed E-state index contributed by atoms with van der Waals surface area (Å²) in [5, 5.41) is 0.249. The lowest BCUT2D eigenvalue weighted by Crippen LogP contribution is -2.39. The van der Waals surface area contributed by atoms with Gasteiger partial charge in [-0.3, -0.25) is 9.78 Å². The van der Waals surface area contributed by atoms with Crippen LogP contribution in [-0.2, 0) is 11.2 Å². The molecule has 0 amide bonds. The number of alkyl halides is 2. The minimum Gasteiger partial charge on any atom is -0.489 e. The molecule has 0 aliphatic carbocycles. The maximum Gasteiger partial charge on any atom is 0.387 e. The molecule has 1 aromatic carbocycles. The average molecular weight is 474 g/mol. The number of hydrogen-bond acceptors (Lipinski definition) is 6. The van der Waals surface area contributed by atoms with Gasteiger partial charge in [-0.1, -0.05) is 29.3 Å². The molecular weight excluding hydrogens is 455 g/mol. The number of rotatable bonds is 5. The molecule has 1 saturated heterocycles. The molecule has 0 bridgehead atoms. The van der Waals surface area contributed by atoms with E-state index in [9.17, 15) is 13.6 Å². The fraction of sp³-hybridized carbons (Fsp3) is 0.429. The molecule has 1 spiro atoms. The van der Waals surface area contributed by atoms with Crippen LogP contribution in [0.2, 0.25) is 10.0 Å². The van der Waals surface area contributed by atoms with Crippen molar-refractivity contribution in [1.82, 2.24) is 4.98 Å². The summed E-state index contributed by atoms with van der Waals surface area (Å²) < 4.78 is 47.9. The van der Waals surface area contributed by atoms with Gasteiger partial charge in [-0.15, -0.1) is 0 Å². The van der Waals surface area contributed by atoms with Crippen LogP contribution in [0.1, 0.15) is 28.8 Å². The number of ketones is 1. The highest BCUT2D eigenvalue weighted by molar-refractivity contribution is 6.39. The minimum atomic E-state index is -3.03. The molecule has 0 N–H and O–H groups in total. The lowest BCUT2D eigenvalue weighted by atomic mass is 9.82. The Hall–Kier alpha value is -2.16. The number of Topliss-reactive ketones (excluding diaryl/α,β-unsaturated/α-hetero) is 1. The van der Waals surface area contributed by atoms with Crippen molar-refractivity contribution in [3.05, 3.63) is 45.7 Å². The summed E-state index contributed by atoms with van der Waals surface area (Å²) in [5.74, 6) is -0.252. The van der Waals surface area contributed by atoms with Crippen molar-refractivity contribution in [2.75, 3.05) is 26.4 Å². The highest BCUT2D eigenvalue weighted by Crippen LogP contribution is 2.46. The van der Waals surface area contributed by atoms with Crippen molar-refractivity contribution in [3.8, 4) is 17.2 Å². The SMILES string of the molecule is O=C(Cc1ccc(OC(F)F)c2c1OCC1(CCOCC1)CO2)c1c(Cl)cncc1Cl. The van der Waals surface area contributed by atoms with Crippen molar-refractivity contribution < 1.29 is 32.5 Å². The van der Waals surface area contributed by atoms with Crippen molar-refractivity contribution in [1.29, 1.82) is 0 Å². The van der Waals surface area contributed by atoms with Crippen molar-refractivity contribution in [2.45, 2.75) is 25.9 Å². The van der Waals surface area contributed by atoms with E-state index >= 15 is 0 Å². The first-order valence-electron chi connectivity index (χ1n) is 9.65. The predicted octanol–water partition coefficient (Wildman–Crippen LogP) is 4.98. The number of aromatic nitrogens is 1. The average Bonchev–Trinajstić information content (AvgIpc) is 2.91. The highest BCUT2D eigenvalue weighted by Gasteiger charge is 2.38. The molecule has 0 saturated carbocycles. The molecule has 0 unspecified atom stereocenters. The van der Waals surface area contributed by atoms with Gasteiger partial charge in [-0.25, -0.2) is 0 Å². The second kappa shape index (κ2) is 9.14. The summed E-state index contributed by atoms with van der Waals surface area (Å²) in [6.07, 6.45) is 3.95. The smallest absolute Gasteiger partial charge is 0.387 e. The molecule has 3 heterocycles. The Balaban J connectivity index is 1.68. The van der Waals surface area contributed by atoms with Crippen LogP contribution in [-0.4, -0.2) is 43.8 Å². The molecule has 1 fully saturated rings. The van der Waals surface area contributed by atoms with Gasteiger partial charge in [0.2, 0.25) is 5.75 Å². The van der Waals surface area contributed by atoms with Gasteiger partial charge in [0.1, 0.15) is 0 Å². The van der Waals surface area contributed by atoms with E-state index in [-0.39, 0.29) is 57.1 Å². The van der Waals surface area contributed by atoms with Crippen molar-refractivity contribution >= 4 is 29.0 Å². The molecule has 2 aromatic rings. The van der Waals surface area contributed by atoms with Gasteiger partial charge >= 0.3 is 6.61 Å². The number of carbonyl (C=O) groups excluding carboxylic acids is 1. The number of nitrogens with zero attached hydrogens (tertiary/aromatic N) is 1. The quantitative estimate of drug-likeness (QED) is 0.570. The predicted molar refractivity (Wildman–Crippen MR) is 109 cm³/mol. The van der Waals surface area contributed by atoms with Crippen LogP contribution in [0.3, 0.4) is 0 Å². The molecule has 2 aliphatic rings. The van der Waals surface area contributed by atoms with E-state index in [2.05, 4.69) is 9.72 Å². The number of halogens is 4. The Kier molecular flexibility index (Phi) is 6.50. The monoisotopic (exact) mass is 473 g/mol. The molecule has 1 aromatic heterocycles. The van der Waals surface area contributed by atoms with E-state index in [4.69, 9.17) is 37.4 Å². The molecule has 0 atom stereocenters. The maximum absolute atomic E-state index is 12.9. The Bertz CT molecular complexity index is 962. The second-order valence-electron chi connectivity index (χ2n) is 7.53. The Morgan fingerprint density at radius 3 is 2.39 bits per heavy atom. The normalized spacial score (nSPS) is 17.5. The third-order valence-corrected chi connectivity index (χ3v) is 6.03. The number of pyridine rings is 1. The third kappa shape index (κ3) is 4.71. The van der Waals surface area contributed by atoms with Gasteiger partial charge in [0, 0.05) is 43.0 Å². The van der Waals surface area contributed by atoms with Crippen LogP contribution >= 0.6 is 23.2 Å². The van der Waals surface area contributed by atoms with Gasteiger partial charge in [-0.2, -0.15) is 8.78 Å². The molecular formula is C21H19Cl2F2NO5. The van der Waals surface area contributed by atoms with Crippen LogP contribution in [0, 0.1) is 5.41 Å². The highest BCUT2D eigenvalue weighted by atomic mass is 35.5. The number of carbonyl (C=O) groups is 1. The Morgan fingerprint density at radius 2 is 1.74 bits per heavy atom. The van der Waals surface area contributed by atoms with Gasteiger partial charge < -0.3 is 18.9 Å². The van der Waals surface area contributed by atoms with Crippen LogP contribution < -0.4 is 14.2 Å². The Morgan fingerprint density at radius 1 is 1.10 bits per heavy atom. The van der Waals surface area contributed by atoms with Gasteiger partial charge in [0.15, 0.2) is 17.3 Å². The van der Waals surface area contributed by atoms with E-state index in [1.807, 2.05) is 0 Å². The first-order valence-corrected chi connectivity index (χ1v) is 10.4. The van der Waals surface area contributed by atoms with E-state index in [0.717, 1.165) is 0 Å². The fourth-order valence-corrected chi connectivity index (χ4v) is 4.31. The number of ether oxygens (including phenoxy) is 4. The molecule has 2 aliphatic heterocycles. The second-order valence-corrected chi connectivity index (χ2v) is 8.34. The van der Waals surface area contributed by atoms with Gasteiger partial charge in [0.05, 0.1) is 28.8 Å². The Labute approximate surface area is 187 Å². The molecule has 4 rings (SSSR count). The van der Waals surface area contributed by atoms with E-state index < -0.39 is 6.61 Å². The van der Waals surface area contributed by atoms with E-state index in [1.165, 1.54) is 24.5 Å². The third-order valence-electron chi connectivity index (χ3n) is 5.46. The lowest BCUT2D eigenvalue weighted by Gasteiger charge is -2.34. The van der Waals surface area contributed by atoms with E-state index in [0.29, 0.717) is 38.2 Å². The van der Waals surface area contributed by atoms with Crippen LogP contribution in [0.15, 0.2) is 24.5 Å². The molecule has 6 nitrogen and oxygen atoms in total. The zero-order valence-electron chi connectivity index (χ0n) is 16.3. The fourth-order valence-electron chi connectivity index (χ4n) is 3.73. The first-order chi connectivity index (χ1) is 14.9. The zero-order chi connectivity index (χ0) is 22.0. The maximum atomic E-state index is 12.9. The number of benzene rings is 1. The molecule has 166 valence electrons. The standard InChI is InChI=1S/C21H19Cl2F2NO5/c22-13-8-26-9-14(23)17(13)15(27)7-12-1-2-16(31-20(24)25)19-18(12)29-10-21(11-30-19)3-5-28-6-4-21/h1-2,8-9,20H,3-7,10-11H2. The molecule has 31 heavy (non-hydrogen) atoms. The van der Waals surface area contributed by atoms with Crippen molar-refractivity contribution in [3.63, 3.8) is 0 Å². The summed E-state index contributed by atoms with van der Waals surface area (Å²) in [7, 11) is 0. The zero-order valence-corrected chi connectivity index (χ0v) is 17.8. The molecule has 0 radical (unpaired) electrons. The number of fused-ring (bicyclic) bond motifs is 1. The first kappa shape index (κ1) is 22.0. The van der Waals surface area contributed by atoms with Crippen LogP contribution in [0.5, 0.6) is 17.2 Å². The summed E-state index contributed by atoms with van der Waals surface area (Å²) >= 11 is 12.2. The topological polar surface area (TPSA) is 66.9 Å².